The van der Waals surface area contributed by atoms with Gasteiger partial charge in [0.05, 0.1) is 8.07 Å². The van der Waals surface area contributed by atoms with Crippen LogP contribution in [0.15, 0.2) is 12.2 Å². The topological polar surface area (TPSA) is 0 Å². The van der Waals surface area contributed by atoms with E-state index < -0.39 is 8.07 Å². The molecule has 0 saturated carbocycles. The molecule has 60 valence electrons. The zero-order chi connectivity index (χ0) is 8.36. The highest BCUT2D eigenvalue weighted by Crippen LogP contribution is 2.26. The summed E-state index contributed by atoms with van der Waals surface area (Å²) in [6.45, 7) is 15.6. The van der Waals surface area contributed by atoms with E-state index in [1.165, 1.54) is 11.6 Å². The molecule has 0 aromatic carbocycles. The van der Waals surface area contributed by atoms with Gasteiger partial charge in [-0.05, 0) is 13.0 Å². The van der Waals surface area contributed by atoms with E-state index >= 15 is 0 Å². The van der Waals surface area contributed by atoms with Gasteiger partial charge in [0, 0.05) is 0 Å². The zero-order valence-electron chi connectivity index (χ0n) is 7.99. The van der Waals surface area contributed by atoms with Crippen LogP contribution in [0.5, 0.6) is 0 Å². The number of hydrogen-bond donors (Lipinski definition) is 0. The van der Waals surface area contributed by atoms with Gasteiger partial charge in [-0.25, -0.2) is 0 Å². The smallest absolute Gasteiger partial charge is 0.0539 e. The van der Waals surface area contributed by atoms with Crippen LogP contribution in [0, 0.1) is 0 Å². The maximum Gasteiger partial charge on any atom is 0.0539 e. The third kappa shape index (κ3) is 3.21. The summed E-state index contributed by atoms with van der Waals surface area (Å²) in [6, 6.07) is 1.28. The molecule has 0 aromatic rings. The first-order valence-corrected chi connectivity index (χ1v) is 7.29. The lowest BCUT2D eigenvalue weighted by Gasteiger charge is -2.26. The molecule has 0 radical (unpaired) electrons. The van der Waals surface area contributed by atoms with Gasteiger partial charge in [0.1, 0.15) is 0 Å². The monoisotopic (exact) mass is 156 g/mol. The quantitative estimate of drug-likeness (QED) is 0.432. The molecule has 0 amide bonds. The highest BCUT2D eigenvalue weighted by atomic mass is 28.3. The second-order valence-electron chi connectivity index (χ2n) is 4.28. The lowest BCUT2D eigenvalue weighted by atomic mass is 10.4. The van der Waals surface area contributed by atoms with Crippen molar-refractivity contribution in [3.05, 3.63) is 12.2 Å². The second kappa shape index (κ2) is 3.38. The Kier molecular flexibility index (Phi) is 3.36. The first kappa shape index (κ1) is 9.96. The number of hydrogen-bond acceptors (Lipinski definition) is 0. The predicted octanol–water partition coefficient (Wildman–Crippen LogP) is 3.68. The molecule has 0 aromatic heterocycles. The standard InChI is InChI=1S/C9H20Si/c1-8(2)7-10(5,6)9(3)4/h9H,1,7H2,2-6H3. The molecule has 0 aliphatic rings. The summed E-state index contributed by atoms with van der Waals surface area (Å²) in [5.41, 5.74) is 2.23. The lowest BCUT2D eigenvalue weighted by Crippen LogP contribution is -2.29. The van der Waals surface area contributed by atoms with E-state index in [0.29, 0.717) is 0 Å². The highest BCUT2D eigenvalue weighted by Gasteiger charge is 2.24. The van der Waals surface area contributed by atoms with Crippen LogP contribution in [0.3, 0.4) is 0 Å². The summed E-state index contributed by atoms with van der Waals surface area (Å²) < 4.78 is 0. The van der Waals surface area contributed by atoms with Crippen molar-refractivity contribution >= 4 is 8.07 Å². The van der Waals surface area contributed by atoms with E-state index in [2.05, 4.69) is 40.4 Å². The van der Waals surface area contributed by atoms with E-state index in [-0.39, 0.29) is 0 Å². The largest absolute Gasteiger partial charge is 0.100 e. The third-order valence-corrected chi connectivity index (χ3v) is 6.96. The summed E-state index contributed by atoms with van der Waals surface area (Å²) in [7, 11) is -0.943. The summed E-state index contributed by atoms with van der Waals surface area (Å²) in [5, 5.41) is 0. The first-order chi connectivity index (χ1) is 4.36. The van der Waals surface area contributed by atoms with E-state index in [0.717, 1.165) is 5.54 Å². The van der Waals surface area contributed by atoms with Gasteiger partial charge in [-0.1, -0.05) is 38.1 Å². The van der Waals surface area contributed by atoms with Crippen LogP contribution in [0.4, 0.5) is 0 Å². The van der Waals surface area contributed by atoms with Crippen molar-refractivity contribution in [3.63, 3.8) is 0 Å². The molecule has 0 unspecified atom stereocenters. The highest BCUT2D eigenvalue weighted by molar-refractivity contribution is 6.79. The van der Waals surface area contributed by atoms with Crippen molar-refractivity contribution in [2.24, 2.45) is 0 Å². The van der Waals surface area contributed by atoms with Crippen molar-refractivity contribution in [1.82, 2.24) is 0 Å². The summed E-state index contributed by atoms with van der Waals surface area (Å²) in [6.07, 6.45) is 0. The Bertz CT molecular complexity index is 123. The van der Waals surface area contributed by atoms with Gasteiger partial charge in [0.2, 0.25) is 0 Å². The van der Waals surface area contributed by atoms with Crippen molar-refractivity contribution in [3.8, 4) is 0 Å². The van der Waals surface area contributed by atoms with Crippen LogP contribution in [0.25, 0.3) is 0 Å². The fraction of sp³-hybridized carbons (Fsp3) is 0.778. The van der Waals surface area contributed by atoms with Gasteiger partial charge in [0.25, 0.3) is 0 Å². The Hall–Kier alpha value is -0.0431. The van der Waals surface area contributed by atoms with Crippen LogP contribution in [0.2, 0.25) is 24.7 Å². The average Bonchev–Trinajstić information content (AvgIpc) is 1.60. The molecule has 0 nitrogen and oxygen atoms in total. The minimum absolute atomic E-state index is 0.879. The SMILES string of the molecule is C=C(C)C[Si](C)(C)C(C)C. The Balaban J connectivity index is 3.99. The normalized spacial score (nSPS) is 12.2. The maximum absolute atomic E-state index is 3.96. The van der Waals surface area contributed by atoms with Crippen molar-refractivity contribution in [2.75, 3.05) is 0 Å². The molecule has 0 aliphatic carbocycles. The van der Waals surface area contributed by atoms with Crippen molar-refractivity contribution in [1.29, 1.82) is 0 Å². The Morgan fingerprint density at radius 3 is 1.90 bits per heavy atom. The molecule has 0 fully saturated rings. The lowest BCUT2D eigenvalue weighted by molar-refractivity contribution is 0.994. The Morgan fingerprint density at radius 1 is 1.40 bits per heavy atom. The van der Waals surface area contributed by atoms with E-state index in [4.69, 9.17) is 0 Å². The van der Waals surface area contributed by atoms with Crippen molar-refractivity contribution in [2.45, 2.75) is 45.5 Å². The fourth-order valence-electron chi connectivity index (χ4n) is 0.982. The van der Waals surface area contributed by atoms with Crippen molar-refractivity contribution < 1.29 is 0 Å². The maximum atomic E-state index is 3.96. The van der Waals surface area contributed by atoms with Gasteiger partial charge in [-0.2, -0.15) is 0 Å². The molecule has 0 aliphatic heterocycles. The summed E-state index contributed by atoms with van der Waals surface area (Å²) in [5.74, 6) is 0. The minimum atomic E-state index is -0.943. The third-order valence-electron chi connectivity index (χ3n) is 2.32. The molecule has 0 bridgehead atoms. The molecule has 0 saturated heterocycles. The molecular weight excluding hydrogens is 136 g/mol. The van der Waals surface area contributed by atoms with Crippen LogP contribution in [-0.4, -0.2) is 8.07 Å². The van der Waals surface area contributed by atoms with E-state index in [9.17, 15) is 0 Å². The predicted molar refractivity (Wildman–Crippen MR) is 52.2 cm³/mol. The first-order valence-electron chi connectivity index (χ1n) is 4.00. The molecule has 0 rings (SSSR count). The zero-order valence-corrected chi connectivity index (χ0v) is 8.99. The van der Waals surface area contributed by atoms with E-state index in [1.807, 2.05) is 0 Å². The Morgan fingerprint density at radius 2 is 1.80 bits per heavy atom. The molecular formula is C9H20Si. The Labute approximate surface area is 66.4 Å². The van der Waals surface area contributed by atoms with Crippen LogP contribution >= 0.6 is 0 Å². The summed E-state index contributed by atoms with van der Waals surface area (Å²) in [4.78, 5) is 0. The number of allylic oxidation sites excluding steroid dienone is 1. The molecule has 0 N–H and O–H groups in total. The average molecular weight is 156 g/mol. The van der Waals surface area contributed by atoms with Crippen LogP contribution in [-0.2, 0) is 0 Å². The van der Waals surface area contributed by atoms with Gasteiger partial charge in [-0.15, -0.1) is 6.58 Å². The summed E-state index contributed by atoms with van der Waals surface area (Å²) >= 11 is 0. The van der Waals surface area contributed by atoms with Gasteiger partial charge >= 0.3 is 0 Å². The molecule has 1 heteroatoms. The van der Waals surface area contributed by atoms with Gasteiger partial charge in [0.15, 0.2) is 0 Å². The van der Waals surface area contributed by atoms with E-state index in [1.54, 1.807) is 0 Å². The molecule has 0 atom stereocenters. The molecule has 0 heterocycles. The second-order valence-corrected chi connectivity index (χ2v) is 9.76. The van der Waals surface area contributed by atoms with Gasteiger partial charge in [-0.3, -0.25) is 0 Å². The van der Waals surface area contributed by atoms with Gasteiger partial charge < -0.3 is 0 Å². The molecule has 0 spiro atoms. The molecule has 10 heavy (non-hydrogen) atoms. The van der Waals surface area contributed by atoms with Crippen LogP contribution in [0.1, 0.15) is 20.8 Å². The van der Waals surface area contributed by atoms with Crippen LogP contribution < -0.4 is 0 Å². The number of rotatable bonds is 3. The minimum Gasteiger partial charge on any atom is -0.100 e. The fourth-order valence-corrected chi connectivity index (χ4v) is 2.95.